The van der Waals surface area contributed by atoms with Crippen LogP contribution in [0.25, 0.3) is 0 Å². The van der Waals surface area contributed by atoms with Crippen LogP contribution in [0, 0.1) is 11.7 Å². The number of ketones is 1. The second-order valence-electron chi connectivity index (χ2n) is 8.51. The Morgan fingerprint density at radius 3 is 2.53 bits per heavy atom. The van der Waals surface area contributed by atoms with E-state index in [4.69, 9.17) is 18.9 Å². The summed E-state index contributed by atoms with van der Waals surface area (Å²) in [5.41, 5.74) is 0.268. The minimum Gasteiger partial charge on any atom is -0.503 e. The van der Waals surface area contributed by atoms with Gasteiger partial charge in [-0.15, -0.1) is 0 Å². The number of benzene rings is 2. The molecule has 0 amide bonds. The fourth-order valence-electron chi connectivity index (χ4n) is 3.70. The minimum atomic E-state index is -0.867. The number of Topliss-reactive ketones (excluding diaryl/α,β-unsaturated/α-hetero) is 1. The van der Waals surface area contributed by atoms with Crippen molar-refractivity contribution in [1.82, 2.24) is 4.98 Å². The summed E-state index contributed by atoms with van der Waals surface area (Å²) in [4.78, 5) is 29.6. The van der Waals surface area contributed by atoms with E-state index in [0.29, 0.717) is 11.3 Å². The average Bonchev–Trinajstić information content (AvgIpc) is 2.91. The molecule has 0 aliphatic rings. The van der Waals surface area contributed by atoms with E-state index in [1.54, 1.807) is 31.2 Å². The van der Waals surface area contributed by atoms with E-state index in [2.05, 4.69) is 11.6 Å². The van der Waals surface area contributed by atoms with Crippen molar-refractivity contribution in [3.8, 4) is 23.0 Å². The van der Waals surface area contributed by atoms with Gasteiger partial charge < -0.3 is 24.1 Å². The molecular formula is C29H30FNO7. The Kier molecular flexibility index (Phi) is 9.81. The molecule has 3 rings (SSSR count). The van der Waals surface area contributed by atoms with Crippen molar-refractivity contribution in [3.05, 3.63) is 90.5 Å². The largest absolute Gasteiger partial charge is 0.503 e. The van der Waals surface area contributed by atoms with Gasteiger partial charge in [-0.1, -0.05) is 37.8 Å². The van der Waals surface area contributed by atoms with E-state index < -0.39 is 41.4 Å². The number of aromatic nitrogens is 1. The maximum absolute atomic E-state index is 14.0. The molecule has 0 aliphatic heterocycles. The summed E-state index contributed by atoms with van der Waals surface area (Å²) in [5, 5.41) is 10.2. The smallest absolute Gasteiger partial charge is 0.309 e. The van der Waals surface area contributed by atoms with Gasteiger partial charge in [0.05, 0.1) is 13.0 Å². The van der Waals surface area contributed by atoms with Crippen LogP contribution < -0.4 is 14.2 Å². The van der Waals surface area contributed by atoms with E-state index >= 15 is 0 Å². The van der Waals surface area contributed by atoms with Gasteiger partial charge >= 0.3 is 5.97 Å². The summed E-state index contributed by atoms with van der Waals surface area (Å²) in [6.07, 6.45) is 0.873. The zero-order valence-corrected chi connectivity index (χ0v) is 21.4. The van der Waals surface area contributed by atoms with Gasteiger partial charge in [0.25, 0.3) is 0 Å². The highest BCUT2D eigenvalue weighted by Gasteiger charge is 2.31. The number of halogens is 1. The third-order valence-corrected chi connectivity index (χ3v) is 5.64. The highest BCUT2D eigenvalue weighted by atomic mass is 19.1. The summed E-state index contributed by atoms with van der Waals surface area (Å²) in [6.45, 7) is 6.92. The second-order valence-corrected chi connectivity index (χ2v) is 8.51. The topological polar surface area (TPSA) is 104 Å². The van der Waals surface area contributed by atoms with Gasteiger partial charge in [0.15, 0.2) is 29.1 Å². The lowest BCUT2D eigenvalue weighted by Gasteiger charge is -2.28. The minimum absolute atomic E-state index is 0.0990. The Hall–Kier alpha value is -4.40. The number of esters is 1. The lowest BCUT2D eigenvalue weighted by Crippen LogP contribution is -2.30. The first-order chi connectivity index (χ1) is 18.2. The second kappa shape index (κ2) is 13.2. The van der Waals surface area contributed by atoms with Crippen molar-refractivity contribution in [2.45, 2.75) is 32.5 Å². The van der Waals surface area contributed by atoms with Crippen LogP contribution in [0.2, 0.25) is 0 Å². The first-order valence-corrected chi connectivity index (χ1v) is 12.0. The average molecular weight is 524 g/mol. The van der Waals surface area contributed by atoms with Crippen molar-refractivity contribution >= 4 is 11.8 Å². The number of pyridine rings is 1. The number of rotatable bonds is 13. The Balaban J connectivity index is 1.81. The molecule has 3 aromatic rings. The molecule has 0 fully saturated rings. The first-order valence-electron chi connectivity index (χ1n) is 12.0. The van der Waals surface area contributed by atoms with Crippen molar-refractivity contribution in [2.24, 2.45) is 5.92 Å². The quantitative estimate of drug-likeness (QED) is 0.179. The predicted molar refractivity (Wildman–Crippen MR) is 138 cm³/mol. The molecule has 200 valence electrons. The van der Waals surface area contributed by atoms with Gasteiger partial charge in [-0.2, -0.15) is 0 Å². The number of carbonyl (C=O) groups is 2. The summed E-state index contributed by atoms with van der Waals surface area (Å²) in [7, 11) is 1.35. The monoisotopic (exact) mass is 523 g/mol. The van der Waals surface area contributed by atoms with Crippen LogP contribution in [0.15, 0.2) is 73.4 Å². The van der Waals surface area contributed by atoms with E-state index in [0.717, 1.165) is 0 Å². The molecule has 0 saturated carbocycles. The Labute approximate surface area is 220 Å². The van der Waals surface area contributed by atoms with Crippen molar-refractivity contribution in [1.29, 1.82) is 0 Å². The third kappa shape index (κ3) is 7.09. The Bertz CT molecular complexity index is 1270. The Morgan fingerprint density at radius 1 is 1.11 bits per heavy atom. The molecule has 0 bridgehead atoms. The number of hydrogen-bond acceptors (Lipinski definition) is 8. The molecule has 0 spiro atoms. The van der Waals surface area contributed by atoms with Gasteiger partial charge in [-0.05, 0) is 31.2 Å². The lowest BCUT2D eigenvalue weighted by molar-refractivity contribution is -0.157. The normalized spacial score (nSPS) is 13.1. The Morgan fingerprint density at radius 2 is 1.84 bits per heavy atom. The lowest BCUT2D eigenvalue weighted by atomic mass is 10.0. The standard InChI is InChI=1S/C29H30FNO7/c1-5-15-36-25-17-20(30)11-12-22(25)28(38-21-9-7-6-8-10-21)19(3)37-29(34)18(2)16-23(32)26-27(33)24(35-4)13-14-31-26/h5-14,17-19,28,33H,1,15-16H2,2-4H3/t18-,19+,28+/m1/s1. The van der Waals surface area contributed by atoms with Crippen molar-refractivity contribution in [3.63, 3.8) is 0 Å². The van der Waals surface area contributed by atoms with Gasteiger partial charge in [0, 0.05) is 30.3 Å². The molecule has 0 aliphatic carbocycles. The molecule has 0 radical (unpaired) electrons. The maximum atomic E-state index is 14.0. The van der Waals surface area contributed by atoms with Crippen LogP contribution in [0.1, 0.15) is 42.4 Å². The summed E-state index contributed by atoms with van der Waals surface area (Å²) in [5.74, 6) is -2.15. The van der Waals surface area contributed by atoms with Crippen LogP contribution in [0.5, 0.6) is 23.0 Å². The molecule has 38 heavy (non-hydrogen) atoms. The third-order valence-electron chi connectivity index (χ3n) is 5.64. The van der Waals surface area contributed by atoms with E-state index in [1.165, 1.54) is 50.6 Å². The van der Waals surface area contributed by atoms with E-state index in [9.17, 15) is 19.1 Å². The highest BCUT2D eigenvalue weighted by Crippen LogP contribution is 2.34. The first kappa shape index (κ1) is 28.2. The van der Waals surface area contributed by atoms with Crippen molar-refractivity contribution in [2.75, 3.05) is 13.7 Å². The van der Waals surface area contributed by atoms with Gasteiger partial charge in [-0.3, -0.25) is 9.59 Å². The predicted octanol–water partition coefficient (Wildman–Crippen LogP) is 5.46. The number of methoxy groups -OCH3 is 1. The van der Waals surface area contributed by atoms with E-state index in [1.807, 2.05) is 6.07 Å². The molecule has 3 atom stereocenters. The van der Waals surface area contributed by atoms with Crippen LogP contribution in [0.4, 0.5) is 4.39 Å². The van der Waals surface area contributed by atoms with Crippen LogP contribution in [0.3, 0.4) is 0 Å². The van der Waals surface area contributed by atoms with Crippen LogP contribution >= 0.6 is 0 Å². The maximum Gasteiger partial charge on any atom is 0.309 e. The zero-order chi connectivity index (χ0) is 27.7. The molecule has 0 saturated heterocycles. The molecule has 0 unspecified atom stereocenters. The summed E-state index contributed by atoms with van der Waals surface area (Å²) < 4.78 is 36.6. The number of carbonyl (C=O) groups excluding carboxylic acids is 2. The molecule has 1 aromatic heterocycles. The molecule has 1 heterocycles. The molecule has 1 N–H and O–H groups in total. The molecule has 2 aromatic carbocycles. The number of para-hydroxylation sites is 1. The van der Waals surface area contributed by atoms with Crippen LogP contribution in [-0.2, 0) is 9.53 Å². The highest BCUT2D eigenvalue weighted by molar-refractivity contribution is 5.99. The van der Waals surface area contributed by atoms with Gasteiger partial charge in [0.1, 0.15) is 30.0 Å². The number of aromatic hydroxyl groups is 1. The fourth-order valence-corrected chi connectivity index (χ4v) is 3.70. The van der Waals surface area contributed by atoms with Crippen molar-refractivity contribution < 1.29 is 38.0 Å². The summed E-state index contributed by atoms with van der Waals surface area (Å²) in [6, 6.07) is 14.3. The molecule has 8 nitrogen and oxygen atoms in total. The fraction of sp³-hybridized carbons (Fsp3) is 0.276. The SMILES string of the molecule is C=CCOc1cc(F)ccc1[C@@H](Oc1ccccc1)[C@H](C)OC(=O)[C@H](C)CC(=O)c1nccc(OC)c1O. The molecule has 9 heteroatoms. The van der Waals surface area contributed by atoms with E-state index in [-0.39, 0.29) is 30.2 Å². The number of nitrogens with zero attached hydrogens (tertiary/aromatic N) is 1. The van der Waals surface area contributed by atoms with Gasteiger partial charge in [0.2, 0.25) is 0 Å². The van der Waals surface area contributed by atoms with Crippen LogP contribution in [-0.4, -0.2) is 41.7 Å². The number of ether oxygens (including phenoxy) is 4. The number of hydrogen-bond donors (Lipinski definition) is 1. The zero-order valence-electron chi connectivity index (χ0n) is 21.4. The molecular weight excluding hydrogens is 493 g/mol. The van der Waals surface area contributed by atoms with Gasteiger partial charge in [-0.25, -0.2) is 9.37 Å². The summed E-state index contributed by atoms with van der Waals surface area (Å²) >= 11 is 0.